The van der Waals surface area contributed by atoms with Crippen molar-refractivity contribution in [3.05, 3.63) is 22.4 Å². The van der Waals surface area contributed by atoms with Gasteiger partial charge in [-0.15, -0.1) is 11.3 Å². The van der Waals surface area contributed by atoms with E-state index in [4.69, 9.17) is 5.11 Å². The largest absolute Gasteiger partial charge is 0.481 e. The molecule has 3 nitrogen and oxygen atoms in total. The van der Waals surface area contributed by atoms with Gasteiger partial charge in [-0.25, -0.2) is 0 Å². The zero-order valence-electron chi connectivity index (χ0n) is 9.43. The summed E-state index contributed by atoms with van der Waals surface area (Å²) in [6, 6.07) is 4.65. The summed E-state index contributed by atoms with van der Waals surface area (Å²) < 4.78 is 0. The molecule has 0 radical (unpaired) electrons. The second-order valence-electron chi connectivity index (χ2n) is 4.34. The van der Waals surface area contributed by atoms with Crippen LogP contribution in [0.4, 0.5) is 0 Å². The van der Waals surface area contributed by atoms with E-state index < -0.39 is 5.97 Å². The molecule has 2 heterocycles. The van der Waals surface area contributed by atoms with Gasteiger partial charge in [0.15, 0.2) is 0 Å². The van der Waals surface area contributed by atoms with Crippen molar-refractivity contribution in [2.24, 2.45) is 5.92 Å². The van der Waals surface area contributed by atoms with E-state index in [1.54, 1.807) is 11.3 Å². The Kier molecular flexibility index (Phi) is 3.61. The van der Waals surface area contributed by atoms with E-state index in [1.165, 1.54) is 4.88 Å². The predicted molar refractivity (Wildman–Crippen MR) is 64.7 cm³/mol. The molecular formula is C12H17NO2S. The quantitative estimate of drug-likeness (QED) is 0.881. The summed E-state index contributed by atoms with van der Waals surface area (Å²) in [5.41, 5.74) is 0. The number of aliphatic carboxylic acids is 1. The summed E-state index contributed by atoms with van der Waals surface area (Å²) in [5.74, 6) is -0.768. The van der Waals surface area contributed by atoms with Crippen LogP contribution in [0.5, 0.6) is 0 Å². The second kappa shape index (κ2) is 4.97. The number of carboxylic acid groups (broad SMARTS) is 1. The van der Waals surface area contributed by atoms with Gasteiger partial charge in [0.2, 0.25) is 0 Å². The van der Waals surface area contributed by atoms with Crippen LogP contribution in [0.25, 0.3) is 0 Å². The Labute approximate surface area is 99.7 Å². The lowest BCUT2D eigenvalue weighted by Crippen LogP contribution is -2.37. The Hall–Kier alpha value is -0.870. The Morgan fingerprint density at radius 2 is 2.25 bits per heavy atom. The maximum Gasteiger partial charge on any atom is 0.306 e. The van der Waals surface area contributed by atoms with Gasteiger partial charge in [-0.2, -0.15) is 0 Å². The average molecular weight is 239 g/mol. The van der Waals surface area contributed by atoms with Crippen LogP contribution in [0, 0.1) is 5.92 Å². The number of rotatable bonds is 3. The summed E-state index contributed by atoms with van der Waals surface area (Å²) in [5, 5.41) is 11.0. The molecule has 2 rings (SSSR count). The minimum Gasteiger partial charge on any atom is -0.481 e. The molecule has 1 aliphatic rings. The fraction of sp³-hybridized carbons (Fsp3) is 0.583. The van der Waals surface area contributed by atoms with E-state index in [2.05, 4.69) is 29.3 Å². The van der Waals surface area contributed by atoms with E-state index in [9.17, 15) is 4.79 Å². The van der Waals surface area contributed by atoms with Crippen molar-refractivity contribution in [1.82, 2.24) is 4.90 Å². The van der Waals surface area contributed by atoms with Crippen molar-refractivity contribution in [1.29, 1.82) is 0 Å². The van der Waals surface area contributed by atoms with Crippen molar-refractivity contribution in [3.8, 4) is 0 Å². The second-order valence-corrected chi connectivity index (χ2v) is 5.32. The van der Waals surface area contributed by atoms with Crippen molar-refractivity contribution < 1.29 is 9.90 Å². The van der Waals surface area contributed by atoms with Gasteiger partial charge >= 0.3 is 5.97 Å². The lowest BCUT2D eigenvalue weighted by Gasteiger charge is -2.34. The van der Waals surface area contributed by atoms with Crippen molar-refractivity contribution in [2.75, 3.05) is 13.1 Å². The third kappa shape index (κ3) is 2.44. The number of hydrogen-bond acceptors (Lipinski definition) is 3. The Morgan fingerprint density at radius 3 is 2.75 bits per heavy atom. The molecule has 1 unspecified atom stereocenters. The molecule has 16 heavy (non-hydrogen) atoms. The number of hydrogen-bond donors (Lipinski definition) is 1. The Balaban J connectivity index is 1.92. The molecule has 1 aromatic rings. The van der Waals surface area contributed by atoms with Crippen molar-refractivity contribution >= 4 is 17.3 Å². The first-order valence-electron chi connectivity index (χ1n) is 5.68. The van der Waals surface area contributed by atoms with Crippen molar-refractivity contribution in [3.63, 3.8) is 0 Å². The van der Waals surface area contributed by atoms with Crippen LogP contribution in [-0.4, -0.2) is 29.1 Å². The standard InChI is InChI=1S/C12H17NO2S/c1-9(11-3-2-8-16-11)13-6-4-10(5-7-13)12(14)15/h2-3,8-10H,4-7H2,1H3,(H,14,15). The summed E-state index contributed by atoms with van der Waals surface area (Å²) >= 11 is 1.77. The molecule has 1 atom stereocenters. The summed E-state index contributed by atoms with van der Waals surface area (Å²) in [7, 11) is 0. The van der Waals surface area contributed by atoms with Crippen LogP contribution in [0.15, 0.2) is 17.5 Å². The molecule has 1 N–H and O–H groups in total. The Bertz CT molecular complexity index is 342. The molecule has 88 valence electrons. The van der Waals surface area contributed by atoms with Crippen molar-refractivity contribution in [2.45, 2.75) is 25.8 Å². The van der Waals surface area contributed by atoms with E-state index in [1.807, 2.05) is 0 Å². The molecule has 1 fully saturated rings. The maximum absolute atomic E-state index is 10.8. The smallest absolute Gasteiger partial charge is 0.306 e. The van der Waals surface area contributed by atoms with Gasteiger partial charge in [0.25, 0.3) is 0 Å². The summed E-state index contributed by atoms with van der Waals surface area (Å²) in [4.78, 5) is 14.6. The molecule has 1 saturated heterocycles. The molecule has 4 heteroatoms. The van der Waals surface area contributed by atoms with Crippen LogP contribution in [-0.2, 0) is 4.79 Å². The van der Waals surface area contributed by atoms with Gasteiger partial charge in [0, 0.05) is 10.9 Å². The maximum atomic E-state index is 10.8. The number of carbonyl (C=O) groups is 1. The fourth-order valence-electron chi connectivity index (χ4n) is 2.24. The molecule has 1 aromatic heterocycles. The van der Waals surface area contributed by atoms with Crippen LogP contribution >= 0.6 is 11.3 Å². The number of carboxylic acids is 1. The third-order valence-corrected chi connectivity index (χ3v) is 4.42. The fourth-order valence-corrected chi connectivity index (χ4v) is 3.06. The van der Waals surface area contributed by atoms with Crippen LogP contribution in [0.2, 0.25) is 0 Å². The highest BCUT2D eigenvalue weighted by Crippen LogP contribution is 2.28. The number of thiophene rings is 1. The Morgan fingerprint density at radius 1 is 1.56 bits per heavy atom. The number of likely N-dealkylation sites (tertiary alicyclic amines) is 1. The highest BCUT2D eigenvalue weighted by molar-refractivity contribution is 7.10. The molecular weight excluding hydrogens is 222 g/mol. The normalized spacial score (nSPS) is 20.8. The number of piperidine rings is 1. The van der Waals surface area contributed by atoms with E-state index in [0.29, 0.717) is 6.04 Å². The SMILES string of the molecule is CC(c1cccs1)N1CCC(C(=O)O)CC1. The molecule has 0 saturated carbocycles. The molecule has 0 bridgehead atoms. The lowest BCUT2D eigenvalue weighted by atomic mass is 9.96. The summed E-state index contributed by atoms with van der Waals surface area (Å²) in [6.07, 6.45) is 1.57. The third-order valence-electron chi connectivity index (χ3n) is 3.38. The van der Waals surface area contributed by atoms with Gasteiger partial charge in [-0.05, 0) is 44.3 Å². The first-order valence-corrected chi connectivity index (χ1v) is 6.56. The highest BCUT2D eigenvalue weighted by Gasteiger charge is 2.27. The lowest BCUT2D eigenvalue weighted by molar-refractivity contribution is -0.143. The zero-order valence-corrected chi connectivity index (χ0v) is 10.2. The summed E-state index contributed by atoms with van der Waals surface area (Å²) in [6.45, 7) is 4.00. The van der Waals surface area contributed by atoms with E-state index in [0.717, 1.165) is 25.9 Å². The molecule has 0 spiro atoms. The first-order chi connectivity index (χ1) is 7.68. The van der Waals surface area contributed by atoms with E-state index >= 15 is 0 Å². The minimum absolute atomic E-state index is 0.133. The molecule has 1 aliphatic heterocycles. The minimum atomic E-state index is -0.636. The highest BCUT2D eigenvalue weighted by atomic mass is 32.1. The molecule has 0 aliphatic carbocycles. The van der Waals surface area contributed by atoms with Crippen LogP contribution < -0.4 is 0 Å². The molecule has 0 amide bonds. The van der Waals surface area contributed by atoms with Crippen LogP contribution in [0.1, 0.15) is 30.7 Å². The van der Waals surface area contributed by atoms with Gasteiger partial charge in [0.1, 0.15) is 0 Å². The monoisotopic (exact) mass is 239 g/mol. The van der Waals surface area contributed by atoms with Crippen LogP contribution in [0.3, 0.4) is 0 Å². The van der Waals surface area contributed by atoms with Gasteiger partial charge in [-0.3, -0.25) is 9.69 Å². The van der Waals surface area contributed by atoms with Gasteiger partial charge in [-0.1, -0.05) is 6.07 Å². The number of nitrogens with zero attached hydrogens (tertiary/aromatic N) is 1. The zero-order chi connectivity index (χ0) is 11.5. The molecule has 0 aromatic carbocycles. The van der Waals surface area contributed by atoms with Gasteiger partial charge < -0.3 is 5.11 Å². The first kappa shape index (κ1) is 11.6. The average Bonchev–Trinajstić information content (AvgIpc) is 2.81. The van der Waals surface area contributed by atoms with Gasteiger partial charge in [0.05, 0.1) is 5.92 Å². The predicted octanol–water partition coefficient (Wildman–Crippen LogP) is 2.61. The topological polar surface area (TPSA) is 40.5 Å². The van der Waals surface area contributed by atoms with E-state index in [-0.39, 0.29) is 5.92 Å².